The van der Waals surface area contributed by atoms with E-state index in [1.54, 1.807) is 18.2 Å². The molecule has 1 spiro atoms. The molecule has 0 aromatic heterocycles. The summed E-state index contributed by atoms with van der Waals surface area (Å²) in [6.45, 7) is 1.73. The van der Waals surface area contributed by atoms with Crippen LogP contribution in [-0.2, 0) is 0 Å². The number of hydrogen-bond acceptors (Lipinski definition) is 3. The number of piperidine rings is 1. The molecule has 1 saturated carbocycles. The zero-order valence-corrected chi connectivity index (χ0v) is 11.9. The largest absolute Gasteiger partial charge is 0.399 e. The van der Waals surface area contributed by atoms with Crippen molar-refractivity contribution in [3.8, 4) is 0 Å². The summed E-state index contributed by atoms with van der Waals surface area (Å²) >= 11 is 0. The van der Waals surface area contributed by atoms with Gasteiger partial charge in [-0.15, -0.1) is 0 Å². The Kier molecular flexibility index (Phi) is 3.32. The number of hydrogen-bond donors (Lipinski definition) is 2. The number of nitrogen functional groups attached to an aromatic ring is 2. The molecule has 1 aliphatic carbocycles. The fraction of sp³-hybridized carbons (Fsp3) is 0.562. The topological polar surface area (TPSA) is 72.4 Å². The highest BCUT2D eigenvalue weighted by Gasteiger charge is 2.38. The van der Waals surface area contributed by atoms with Crippen LogP contribution in [0.25, 0.3) is 0 Å². The van der Waals surface area contributed by atoms with Crippen LogP contribution in [0.4, 0.5) is 11.4 Å². The van der Waals surface area contributed by atoms with Crippen LogP contribution >= 0.6 is 0 Å². The molecule has 20 heavy (non-hydrogen) atoms. The summed E-state index contributed by atoms with van der Waals surface area (Å²) in [6, 6.07) is 5.15. The zero-order chi connectivity index (χ0) is 14.2. The van der Waals surface area contributed by atoms with Gasteiger partial charge in [0, 0.05) is 24.5 Å². The van der Waals surface area contributed by atoms with Crippen molar-refractivity contribution in [2.45, 2.75) is 38.5 Å². The summed E-state index contributed by atoms with van der Waals surface area (Å²) in [5.41, 5.74) is 13.8. The van der Waals surface area contributed by atoms with Crippen molar-refractivity contribution in [3.63, 3.8) is 0 Å². The number of rotatable bonds is 1. The van der Waals surface area contributed by atoms with Gasteiger partial charge in [-0.25, -0.2) is 0 Å². The second-order valence-corrected chi connectivity index (χ2v) is 6.35. The number of carbonyl (C=O) groups is 1. The minimum Gasteiger partial charge on any atom is -0.399 e. The van der Waals surface area contributed by atoms with Crippen molar-refractivity contribution in [1.82, 2.24) is 4.90 Å². The lowest BCUT2D eigenvalue weighted by Crippen LogP contribution is -2.42. The highest BCUT2D eigenvalue weighted by atomic mass is 16.2. The Balaban J connectivity index is 1.69. The minimum atomic E-state index is 0.0512. The van der Waals surface area contributed by atoms with Crippen LogP contribution in [0.15, 0.2) is 18.2 Å². The average molecular weight is 273 g/mol. The Hall–Kier alpha value is -1.71. The number of anilines is 2. The lowest BCUT2D eigenvalue weighted by Gasteiger charge is -2.39. The van der Waals surface area contributed by atoms with E-state index < -0.39 is 0 Å². The van der Waals surface area contributed by atoms with E-state index in [4.69, 9.17) is 11.5 Å². The van der Waals surface area contributed by atoms with Crippen LogP contribution in [0.5, 0.6) is 0 Å². The fourth-order valence-electron chi connectivity index (χ4n) is 3.76. The van der Waals surface area contributed by atoms with Gasteiger partial charge in [-0.3, -0.25) is 4.79 Å². The van der Waals surface area contributed by atoms with E-state index in [1.807, 2.05) is 4.90 Å². The minimum absolute atomic E-state index is 0.0512. The normalized spacial score (nSPS) is 21.3. The first-order valence-electron chi connectivity index (χ1n) is 7.54. The van der Waals surface area contributed by atoms with Gasteiger partial charge in [0.25, 0.3) is 5.91 Å². The highest BCUT2D eigenvalue weighted by Crippen LogP contribution is 2.46. The van der Waals surface area contributed by atoms with E-state index in [0.29, 0.717) is 22.4 Å². The summed E-state index contributed by atoms with van der Waals surface area (Å²) < 4.78 is 0. The third-order valence-corrected chi connectivity index (χ3v) is 5.08. The van der Waals surface area contributed by atoms with Crippen molar-refractivity contribution in [2.75, 3.05) is 24.6 Å². The van der Waals surface area contributed by atoms with Gasteiger partial charge in [-0.05, 0) is 49.3 Å². The first-order valence-corrected chi connectivity index (χ1v) is 7.54. The third-order valence-electron chi connectivity index (χ3n) is 5.08. The number of carbonyl (C=O) groups excluding carboxylic acids is 1. The van der Waals surface area contributed by atoms with E-state index >= 15 is 0 Å². The maximum Gasteiger partial charge on any atom is 0.255 e. The van der Waals surface area contributed by atoms with E-state index in [-0.39, 0.29) is 5.91 Å². The SMILES string of the molecule is Nc1ccc(C(=O)N2CCC3(CCCC3)CC2)c(N)c1. The zero-order valence-electron chi connectivity index (χ0n) is 11.9. The van der Waals surface area contributed by atoms with E-state index in [1.165, 1.54) is 25.7 Å². The molecule has 1 heterocycles. The lowest BCUT2D eigenvalue weighted by atomic mass is 9.77. The Morgan fingerprint density at radius 1 is 1.05 bits per heavy atom. The van der Waals surface area contributed by atoms with Crippen molar-refractivity contribution in [3.05, 3.63) is 23.8 Å². The molecule has 0 bridgehead atoms. The van der Waals surface area contributed by atoms with E-state index in [2.05, 4.69) is 0 Å². The molecule has 1 aromatic carbocycles. The van der Waals surface area contributed by atoms with Gasteiger partial charge in [0.05, 0.1) is 5.56 Å². The molecule has 1 saturated heterocycles. The number of nitrogens with two attached hydrogens (primary N) is 2. The molecule has 4 N–H and O–H groups in total. The van der Waals surface area contributed by atoms with Gasteiger partial charge in [0.15, 0.2) is 0 Å². The van der Waals surface area contributed by atoms with E-state index in [0.717, 1.165) is 25.9 Å². The Bertz CT molecular complexity index is 510. The maximum absolute atomic E-state index is 12.5. The molecular weight excluding hydrogens is 250 g/mol. The maximum atomic E-state index is 12.5. The van der Waals surface area contributed by atoms with Crippen LogP contribution in [0.2, 0.25) is 0 Å². The van der Waals surface area contributed by atoms with Crippen LogP contribution < -0.4 is 11.5 Å². The first-order chi connectivity index (χ1) is 9.60. The van der Waals surface area contributed by atoms with Crippen molar-refractivity contribution >= 4 is 17.3 Å². The number of likely N-dealkylation sites (tertiary alicyclic amines) is 1. The second kappa shape index (κ2) is 5.00. The Morgan fingerprint density at radius 3 is 2.30 bits per heavy atom. The van der Waals surface area contributed by atoms with Gasteiger partial charge >= 0.3 is 0 Å². The average Bonchev–Trinajstić information content (AvgIpc) is 2.87. The molecule has 0 unspecified atom stereocenters. The summed E-state index contributed by atoms with van der Waals surface area (Å²) in [7, 11) is 0. The van der Waals surface area contributed by atoms with Gasteiger partial charge in [-0.1, -0.05) is 12.8 Å². The molecule has 2 fully saturated rings. The van der Waals surface area contributed by atoms with Crippen molar-refractivity contribution in [2.24, 2.45) is 5.41 Å². The molecule has 4 nitrogen and oxygen atoms in total. The van der Waals surface area contributed by atoms with Gasteiger partial charge in [0.2, 0.25) is 0 Å². The predicted octanol–water partition coefficient (Wildman–Crippen LogP) is 2.65. The smallest absolute Gasteiger partial charge is 0.255 e. The van der Waals surface area contributed by atoms with Gasteiger partial charge in [0.1, 0.15) is 0 Å². The number of benzene rings is 1. The molecule has 1 aliphatic heterocycles. The Labute approximate surface area is 120 Å². The molecule has 0 atom stereocenters. The molecule has 4 heteroatoms. The quantitative estimate of drug-likeness (QED) is 0.773. The van der Waals surface area contributed by atoms with Crippen molar-refractivity contribution < 1.29 is 4.79 Å². The fourth-order valence-corrected chi connectivity index (χ4v) is 3.76. The molecule has 1 aromatic rings. The second-order valence-electron chi connectivity index (χ2n) is 6.35. The monoisotopic (exact) mass is 273 g/mol. The summed E-state index contributed by atoms with van der Waals surface area (Å²) in [5.74, 6) is 0.0512. The number of nitrogens with zero attached hydrogens (tertiary/aromatic N) is 1. The molecular formula is C16H23N3O. The van der Waals surface area contributed by atoms with E-state index in [9.17, 15) is 4.79 Å². The molecule has 0 radical (unpaired) electrons. The van der Waals surface area contributed by atoms with Crippen LogP contribution in [-0.4, -0.2) is 23.9 Å². The summed E-state index contributed by atoms with van der Waals surface area (Å²) in [6.07, 6.45) is 7.71. The Morgan fingerprint density at radius 2 is 1.70 bits per heavy atom. The molecule has 108 valence electrons. The summed E-state index contributed by atoms with van der Waals surface area (Å²) in [5, 5.41) is 0. The van der Waals surface area contributed by atoms with Crippen LogP contribution in [0.1, 0.15) is 48.9 Å². The molecule has 2 aliphatic rings. The number of amides is 1. The lowest BCUT2D eigenvalue weighted by molar-refractivity contribution is 0.0588. The first kappa shape index (κ1) is 13.3. The summed E-state index contributed by atoms with van der Waals surface area (Å²) in [4.78, 5) is 14.5. The van der Waals surface area contributed by atoms with Gasteiger partial charge in [-0.2, -0.15) is 0 Å². The standard InChI is InChI=1S/C16H23N3O/c17-12-3-4-13(14(18)11-12)15(20)19-9-7-16(8-10-19)5-1-2-6-16/h3-4,11H,1-2,5-10,17-18H2. The van der Waals surface area contributed by atoms with Crippen LogP contribution in [0, 0.1) is 5.41 Å². The highest BCUT2D eigenvalue weighted by molar-refractivity contribution is 5.99. The van der Waals surface area contributed by atoms with Crippen LogP contribution in [0.3, 0.4) is 0 Å². The predicted molar refractivity (Wildman–Crippen MR) is 81.3 cm³/mol. The van der Waals surface area contributed by atoms with Crippen molar-refractivity contribution in [1.29, 1.82) is 0 Å². The van der Waals surface area contributed by atoms with Gasteiger partial charge < -0.3 is 16.4 Å². The molecule has 3 rings (SSSR count). The molecule has 1 amide bonds. The third kappa shape index (κ3) is 2.35.